The van der Waals surface area contributed by atoms with Gasteiger partial charge in [0, 0.05) is 23.4 Å². The van der Waals surface area contributed by atoms with Crippen LogP contribution in [0.1, 0.15) is 13.8 Å². The van der Waals surface area contributed by atoms with Crippen molar-refractivity contribution in [3.05, 3.63) is 53.2 Å². The van der Waals surface area contributed by atoms with Crippen molar-refractivity contribution in [1.29, 1.82) is 0 Å². The smallest absolute Gasteiger partial charge is 0.214 e. The van der Waals surface area contributed by atoms with Crippen LogP contribution in [0.5, 0.6) is 5.88 Å². The van der Waals surface area contributed by atoms with E-state index in [0.717, 1.165) is 22.5 Å². The summed E-state index contributed by atoms with van der Waals surface area (Å²) >= 11 is 5.22. The molecular weight excluding hydrogens is 313 g/mol. The van der Waals surface area contributed by atoms with Crippen LogP contribution in [0.2, 0.25) is 0 Å². The van der Waals surface area contributed by atoms with Gasteiger partial charge in [0.15, 0.2) is 4.77 Å². The maximum Gasteiger partial charge on any atom is 0.214 e. The normalized spacial score (nSPS) is 11.0. The van der Waals surface area contributed by atoms with E-state index in [1.54, 1.807) is 18.3 Å². The number of imidazole rings is 1. The van der Waals surface area contributed by atoms with Gasteiger partial charge in [-0.2, -0.15) is 0 Å². The number of rotatable bonds is 4. The summed E-state index contributed by atoms with van der Waals surface area (Å²) in [6, 6.07) is 9.97. The van der Waals surface area contributed by atoms with Crippen molar-refractivity contribution < 1.29 is 9.13 Å². The van der Waals surface area contributed by atoms with Crippen LogP contribution < -0.4 is 4.74 Å². The van der Waals surface area contributed by atoms with Gasteiger partial charge in [-0.25, -0.2) is 9.37 Å². The molecule has 0 bridgehead atoms. The maximum absolute atomic E-state index is 13.1. The zero-order valence-electron chi connectivity index (χ0n) is 12.8. The lowest BCUT2D eigenvalue weighted by atomic mass is 10.1. The molecule has 118 valence electrons. The van der Waals surface area contributed by atoms with E-state index in [9.17, 15) is 4.39 Å². The van der Waals surface area contributed by atoms with Crippen molar-refractivity contribution >= 4 is 12.2 Å². The molecule has 0 aliphatic rings. The predicted octanol–water partition coefficient (Wildman–Crippen LogP) is 4.73. The van der Waals surface area contributed by atoms with Gasteiger partial charge in [0.25, 0.3) is 0 Å². The maximum atomic E-state index is 13.1. The second-order valence-corrected chi connectivity index (χ2v) is 5.79. The molecule has 0 atom stereocenters. The molecular formula is C17H16FN3OS. The highest BCUT2D eigenvalue weighted by Gasteiger charge is 2.12. The molecule has 1 aromatic carbocycles. The third-order valence-corrected chi connectivity index (χ3v) is 3.44. The summed E-state index contributed by atoms with van der Waals surface area (Å²) in [5.41, 5.74) is 3.36. The fourth-order valence-corrected chi connectivity index (χ4v) is 2.51. The van der Waals surface area contributed by atoms with Crippen LogP contribution in [0, 0.1) is 10.6 Å². The molecule has 23 heavy (non-hydrogen) atoms. The van der Waals surface area contributed by atoms with Crippen molar-refractivity contribution in [2.75, 3.05) is 0 Å². The van der Waals surface area contributed by atoms with Crippen LogP contribution in [0.25, 0.3) is 22.5 Å². The Hall–Kier alpha value is -2.47. The van der Waals surface area contributed by atoms with Gasteiger partial charge < -0.3 is 14.7 Å². The average molecular weight is 329 g/mol. The fraction of sp³-hybridized carbons (Fsp3) is 0.176. The quantitative estimate of drug-likeness (QED) is 0.681. The predicted molar refractivity (Wildman–Crippen MR) is 90.4 cm³/mol. The van der Waals surface area contributed by atoms with Gasteiger partial charge in [-0.05, 0) is 56.4 Å². The number of benzene rings is 1. The summed E-state index contributed by atoms with van der Waals surface area (Å²) < 4.78 is 19.3. The van der Waals surface area contributed by atoms with Gasteiger partial charge in [-0.15, -0.1) is 0 Å². The van der Waals surface area contributed by atoms with Crippen molar-refractivity contribution in [1.82, 2.24) is 15.0 Å². The van der Waals surface area contributed by atoms with Crippen LogP contribution in [0.4, 0.5) is 4.39 Å². The largest absolute Gasteiger partial charge is 0.475 e. The van der Waals surface area contributed by atoms with E-state index in [1.165, 1.54) is 12.1 Å². The number of aromatic amines is 2. The number of aromatic nitrogens is 3. The highest BCUT2D eigenvalue weighted by atomic mass is 32.1. The lowest BCUT2D eigenvalue weighted by molar-refractivity contribution is 0.233. The molecule has 6 heteroatoms. The van der Waals surface area contributed by atoms with E-state index in [2.05, 4.69) is 15.0 Å². The Morgan fingerprint density at radius 1 is 1.04 bits per heavy atom. The van der Waals surface area contributed by atoms with Gasteiger partial charge in [0.05, 0.1) is 17.5 Å². The Labute approximate surface area is 138 Å². The first-order valence-corrected chi connectivity index (χ1v) is 7.65. The molecule has 0 amide bonds. The zero-order chi connectivity index (χ0) is 16.4. The Kier molecular flexibility index (Phi) is 4.25. The van der Waals surface area contributed by atoms with E-state index >= 15 is 0 Å². The minimum absolute atomic E-state index is 0.0408. The number of hydrogen-bond acceptors (Lipinski definition) is 3. The first-order valence-electron chi connectivity index (χ1n) is 7.24. The standard InChI is InChI=1S/C17H16FN3OS/c1-10(2)22-14-9-12(7-8-19-14)16-15(20-17(23)21-16)11-3-5-13(18)6-4-11/h3-10H,1-2H3,(H2,20,21,23). The summed E-state index contributed by atoms with van der Waals surface area (Å²) in [4.78, 5) is 10.5. The van der Waals surface area contributed by atoms with Crippen LogP contribution >= 0.6 is 12.2 Å². The second kappa shape index (κ2) is 6.34. The lowest BCUT2D eigenvalue weighted by Gasteiger charge is -2.10. The third-order valence-electron chi connectivity index (χ3n) is 3.24. The SMILES string of the molecule is CC(C)Oc1cc(-c2[nH]c(=S)[nH]c2-c2ccc(F)cc2)ccn1. The summed E-state index contributed by atoms with van der Waals surface area (Å²) in [7, 11) is 0. The van der Waals surface area contributed by atoms with Gasteiger partial charge in [0.2, 0.25) is 5.88 Å². The number of hydrogen-bond donors (Lipinski definition) is 2. The van der Waals surface area contributed by atoms with E-state index in [1.807, 2.05) is 26.0 Å². The molecule has 0 saturated heterocycles. The number of ether oxygens (including phenoxy) is 1. The monoisotopic (exact) mass is 329 g/mol. The Bertz CT molecular complexity index is 868. The Morgan fingerprint density at radius 3 is 2.35 bits per heavy atom. The van der Waals surface area contributed by atoms with Crippen LogP contribution in [0.15, 0.2) is 42.6 Å². The number of nitrogens with zero attached hydrogens (tertiary/aromatic N) is 1. The molecule has 0 aliphatic carbocycles. The van der Waals surface area contributed by atoms with E-state index in [-0.39, 0.29) is 11.9 Å². The van der Waals surface area contributed by atoms with Gasteiger partial charge in [-0.3, -0.25) is 0 Å². The Balaban J connectivity index is 2.07. The van der Waals surface area contributed by atoms with Crippen molar-refractivity contribution in [3.63, 3.8) is 0 Å². The summed E-state index contributed by atoms with van der Waals surface area (Å²) in [6.07, 6.45) is 1.73. The fourth-order valence-electron chi connectivity index (χ4n) is 2.30. The minimum Gasteiger partial charge on any atom is -0.475 e. The lowest BCUT2D eigenvalue weighted by Crippen LogP contribution is -2.06. The summed E-state index contributed by atoms with van der Waals surface area (Å²) in [5.74, 6) is 0.268. The molecule has 4 nitrogen and oxygen atoms in total. The molecule has 2 N–H and O–H groups in total. The first-order chi connectivity index (χ1) is 11.0. The molecule has 0 fully saturated rings. The number of H-pyrrole nitrogens is 2. The summed E-state index contributed by atoms with van der Waals surface area (Å²) in [6.45, 7) is 3.89. The molecule has 2 aromatic heterocycles. The summed E-state index contributed by atoms with van der Waals surface area (Å²) in [5, 5.41) is 0. The highest BCUT2D eigenvalue weighted by Crippen LogP contribution is 2.30. The van der Waals surface area contributed by atoms with E-state index in [0.29, 0.717) is 10.7 Å². The van der Waals surface area contributed by atoms with Gasteiger partial charge >= 0.3 is 0 Å². The number of halogens is 1. The van der Waals surface area contributed by atoms with Crippen molar-refractivity contribution in [2.45, 2.75) is 20.0 Å². The third kappa shape index (κ3) is 3.48. The van der Waals surface area contributed by atoms with Crippen molar-refractivity contribution in [3.8, 4) is 28.4 Å². The highest BCUT2D eigenvalue weighted by molar-refractivity contribution is 7.71. The first kappa shape index (κ1) is 15.4. The van der Waals surface area contributed by atoms with Gasteiger partial charge in [-0.1, -0.05) is 0 Å². The van der Waals surface area contributed by atoms with E-state index < -0.39 is 0 Å². The number of nitrogens with one attached hydrogen (secondary N) is 2. The van der Waals surface area contributed by atoms with Crippen LogP contribution in [0.3, 0.4) is 0 Å². The molecule has 0 spiro atoms. The average Bonchev–Trinajstić information content (AvgIpc) is 2.89. The van der Waals surface area contributed by atoms with Crippen LogP contribution in [-0.2, 0) is 0 Å². The number of pyridine rings is 1. The van der Waals surface area contributed by atoms with Gasteiger partial charge in [0.1, 0.15) is 5.82 Å². The second-order valence-electron chi connectivity index (χ2n) is 5.39. The molecule has 0 unspecified atom stereocenters. The molecule has 3 aromatic rings. The molecule has 3 rings (SSSR count). The van der Waals surface area contributed by atoms with E-state index in [4.69, 9.17) is 17.0 Å². The zero-order valence-corrected chi connectivity index (χ0v) is 13.6. The van der Waals surface area contributed by atoms with Crippen molar-refractivity contribution in [2.24, 2.45) is 0 Å². The van der Waals surface area contributed by atoms with Crippen LogP contribution in [-0.4, -0.2) is 21.1 Å². The molecule has 0 aliphatic heterocycles. The molecule has 0 radical (unpaired) electrons. The minimum atomic E-state index is -0.277. The molecule has 0 saturated carbocycles. The Morgan fingerprint density at radius 2 is 1.70 bits per heavy atom. The topological polar surface area (TPSA) is 53.7 Å². The molecule has 2 heterocycles.